The third kappa shape index (κ3) is 9.10. The first-order chi connectivity index (χ1) is 19.3. The van der Waals surface area contributed by atoms with Gasteiger partial charge in [-0.15, -0.1) is 0 Å². The number of carbonyl (C=O) groups excluding carboxylic acids is 3. The minimum atomic E-state index is -1.43. The monoisotopic (exact) mass is 579 g/mol. The molecule has 13 nitrogen and oxygen atoms in total. The van der Waals surface area contributed by atoms with E-state index in [4.69, 9.17) is 30.1 Å². The molecule has 1 aliphatic heterocycles. The smallest absolute Gasteiger partial charge is 0.412 e. The number of aromatic amines is 1. The first-order valence-corrected chi connectivity index (χ1v) is 14.0. The van der Waals surface area contributed by atoms with Crippen LogP contribution in [0, 0.1) is 10.8 Å². The Labute approximate surface area is 241 Å². The number of aliphatic hydroxyl groups excluding tert-OH is 1. The summed E-state index contributed by atoms with van der Waals surface area (Å²) in [5.74, 6) is -1.19. The number of amides is 1. The van der Waals surface area contributed by atoms with Crippen molar-refractivity contribution in [2.45, 2.75) is 104 Å². The number of hydrogen-bond donors (Lipinski definition) is 5. The van der Waals surface area contributed by atoms with Crippen molar-refractivity contribution < 1.29 is 38.4 Å². The molecule has 5 atom stereocenters. The quantitative estimate of drug-likeness (QED) is 0.0766. The molecule has 6 N–H and O–H groups in total. The Morgan fingerprint density at radius 1 is 1.24 bits per heavy atom. The van der Waals surface area contributed by atoms with Gasteiger partial charge in [0.1, 0.15) is 36.8 Å². The first kappa shape index (κ1) is 33.9. The van der Waals surface area contributed by atoms with Crippen molar-refractivity contribution in [1.29, 1.82) is 5.41 Å². The highest BCUT2D eigenvalue weighted by molar-refractivity contribution is 6.07. The van der Waals surface area contributed by atoms with E-state index in [0.717, 1.165) is 32.0 Å². The molecule has 2 heterocycles. The Hall–Kier alpha value is -3.29. The van der Waals surface area contributed by atoms with Crippen molar-refractivity contribution in [1.82, 2.24) is 10.3 Å². The number of ether oxygens (including phenoxy) is 4. The number of amidine groups is 1. The van der Waals surface area contributed by atoms with Crippen molar-refractivity contribution in [2.75, 3.05) is 13.2 Å². The number of nitrogens with zero attached hydrogens (tertiary/aromatic N) is 1. The summed E-state index contributed by atoms with van der Waals surface area (Å²) in [6, 6.07) is 2.30. The number of aliphatic hydroxyl groups is 1. The van der Waals surface area contributed by atoms with Gasteiger partial charge in [0.15, 0.2) is 11.9 Å². The molecule has 0 bridgehead atoms. The van der Waals surface area contributed by atoms with E-state index < -0.39 is 53.4 Å². The molecule has 1 fully saturated rings. The van der Waals surface area contributed by atoms with Gasteiger partial charge in [-0.1, -0.05) is 53.9 Å². The van der Waals surface area contributed by atoms with Crippen LogP contribution >= 0.6 is 0 Å². The van der Waals surface area contributed by atoms with Gasteiger partial charge in [0.25, 0.3) is 0 Å². The van der Waals surface area contributed by atoms with E-state index in [1.807, 2.05) is 0 Å². The number of nitrogens with two attached hydrogens (primary N) is 1. The molecular weight excluding hydrogens is 534 g/mol. The lowest BCUT2D eigenvalue weighted by Crippen LogP contribution is -2.45. The number of carbonyl (C=O) groups is 3. The third-order valence-corrected chi connectivity index (χ3v) is 6.89. The lowest BCUT2D eigenvalue weighted by molar-refractivity contribution is -0.161. The van der Waals surface area contributed by atoms with E-state index in [1.165, 1.54) is 0 Å². The molecule has 13 heteroatoms. The maximum atomic E-state index is 12.5. The standard InChI is InChI=1S/C28H45N5O8/c1-7-9-10-11-14-38-26(37)33-24(31-16-29)17-12-13-19(32-17)28(6)23(35)21(40-20(34)8-2)18(41-28)15-39-25(36)22(30)27(3,4)5/h12-13,16,18,21-23,32,35H,7-11,14-15,30H2,1-6H3,(H2,29,31,33,37)/t18-,21-,22-,23-,28+/m1/s1. The number of unbranched alkanes of at least 4 members (excludes halogenated alkanes) is 3. The first-order valence-electron chi connectivity index (χ1n) is 14.0. The zero-order chi connectivity index (χ0) is 30.8. The molecule has 1 aromatic rings. The SMILES string of the molecule is CCCCCCOC(=O)N/C(=N/C=N)c1ccc([C@]2(C)O[C@H](COC(=O)[C@@H](N)C(C)(C)C)[C@@H](OC(=O)CC)[C@H]2O)[nH]1. The van der Waals surface area contributed by atoms with Crippen LogP contribution in [-0.2, 0) is 34.1 Å². The zero-order valence-electron chi connectivity index (χ0n) is 24.8. The van der Waals surface area contributed by atoms with Gasteiger partial charge in [-0.05, 0) is 30.9 Å². The van der Waals surface area contributed by atoms with Crippen LogP contribution < -0.4 is 11.1 Å². The van der Waals surface area contributed by atoms with Crippen LogP contribution in [0.3, 0.4) is 0 Å². The highest BCUT2D eigenvalue weighted by Gasteiger charge is 2.55. The molecule has 1 aliphatic rings. The van der Waals surface area contributed by atoms with Crippen molar-refractivity contribution in [2.24, 2.45) is 16.1 Å². The van der Waals surface area contributed by atoms with Crippen molar-refractivity contribution in [3.8, 4) is 0 Å². The predicted octanol–water partition coefficient (Wildman–Crippen LogP) is 2.89. The summed E-state index contributed by atoms with van der Waals surface area (Å²) in [4.78, 5) is 44.0. The van der Waals surface area contributed by atoms with Gasteiger partial charge in [-0.2, -0.15) is 0 Å². The number of aromatic nitrogens is 1. The van der Waals surface area contributed by atoms with Crippen LogP contribution in [0.4, 0.5) is 4.79 Å². The van der Waals surface area contributed by atoms with Crippen LogP contribution in [0.15, 0.2) is 17.1 Å². The molecule has 0 aliphatic carbocycles. The van der Waals surface area contributed by atoms with Crippen LogP contribution in [-0.4, -0.2) is 77.9 Å². The average Bonchev–Trinajstić information content (AvgIpc) is 3.51. The molecule has 230 valence electrons. The molecule has 0 spiro atoms. The summed E-state index contributed by atoms with van der Waals surface area (Å²) >= 11 is 0. The maximum Gasteiger partial charge on any atom is 0.412 e. The van der Waals surface area contributed by atoms with Gasteiger partial charge in [-0.25, -0.2) is 9.79 Å². The fourth-order valence-electron chi connectivity index (χ4n) is 4.19. The number of H-pyrrole nitrogens is 1. The summed E-state index contributed by atoms with van der Waals surface area (Å²) in [5, 5.41) is 21.2. The van der Waals surface area contributed by atoms with E-state index in [2.05, 4.69) is 22.2 Å². The fraction of sp³-hybridized carbons (Fsp3) is 0.679. The van der Waals surface area contributed by atoms with Crippen molar-refractivity contribution >= 4 is 30.2 Å². The second-order valence-corrected chi connectivity index (χ2v) is 11.2. The number of hydrogen-bond acceptors (Lipinski definition) is 10. The van der Waals surface area contributed by atoms with E-state index in [0.29, 0.717) is 11.4 Å². The number of esters is 2. The summed E-state index contributed by atoms with van der Waals surface area (Å²) < 4.78 is 22.3. The van der Waals surface area contributed by atoms with Gasteiger partial charge < -0.3 is 34.8 Å². The minimum absolute atomic E-state index is 0.0245. The summed E-state index contributed by atoms with van der Waals surface area (Å²) in [5.41, 5.74) is 4.71. The highest BCUT2D eigenvalue weighted by atomic mass is 16.6. The average molecular weight is 580 g/mol. The Morgan fingerprint density at radius 2 is 1.95 bits per heavy atom. The normalized spacial score (nSPS) is 23.5. The van der Waals surface area contributed by atoms with E-state index in [-0.39, 0.29) is 25.5 Å². The van der Waals surface area contributed by atoms with Gasteiger partial charge in [-0.3, -0.25) is 20.3 Å². The largest absolute Gasteiger partial charge is 0.462 e. The molecule has 0 saturated carbocycles. The Morgan fingerprint density at radius 3 is 2.56 bits per heavy atom. The van der Waals surface area contributed by atoms with Crippen molar-refractivity contribution in [3.63, 3.8) is 0 Å². The summed E-state index contributed by atoms with van der Waals surface area (Å²) in [6.07, 6.45) is 0.425. The predicted molar refractivity (Wildman–Crippen MR) is 152 cm³/mol. The number of rotatable bonds is 13. The number of alkyl carbamates (subject to hydrolysis) is 1. The van der Waals surface area contributed by atoms with Gasteiger partial charge in [0.2, 0.25) is 0 Å². The van der Waals surface area contributed by atoms with Gasteiger partial charge >= 0.3 is 18.0 Å². The van der Waals surface area contributed by atoms with Gasteiger partial charge in [0, 0.05) is 6.42 Å². The van der Waals surface area contributed by atoms with E-state index in [9.17, 15) is 19.5 Å². The van der Waals surface area contributed by atoms with E-state index in [1.54, 1.807) is 46.8 Å². The Balaban J connectivity index is 2.22. The molecule has 2 rings (SSSR count). The molecule has 0 radical (unpaired) electrons. The minimum Gasteiger partial charge on any atom is -0.462 e. The fourth-order valence-corrected chi connectivity index (χ4v) is 4.19. The number of aliphatic imine (C=N–C) groups is 1. The molecular formula is C28H45N5O8. The summed E-state index contributed by atoms with van der Waals surface area (Å²) in [7, 11) is 0. The lowest BCUT2D eigenvalue weighted by Gasteiger charge is -2.27. The Kier molecular flexibility index (Phi) is 12.5. The number of nitrogens with one attached hydrogen (secondary N) is 3. The topological polar surface area (TPSA) is 198 Å². The summed E-state index contributed by atoms with van der Waals surface area (Å²) in [6.45, 7) is 10.7. The van der Waals surface area contributed by atoms with Crippen molar-refractivity contribution in [3.05, 3.63) is 23.5 Å². The molecule has 1 aromatic heterocycles. The highest BCUT2D eigenvalue weighted by Crippen LogP contribution is 2.41. The molecule has 0 aromatic carbocycles. The molecule has 1 saturated heterocycles. The zero-order valence-corrected chi connectivity index (χ0v) is 24.8. The molecule has 0 unspecified atom stereocenters. The Bertz CT molecular complexity index is 1080. The molecule has 1 amide bonds. The van der Waals surface area contributed by atoms with Crippen LogP contribution in [0.2, 0.25) is 0 Å². The molecule has 41 heavy (non-hydrogen) atoms. The lowest BCUT2D eigenvalue weighted by atomic mass is 9.87. The third-order valence-electron chi connectivity index (χ3n) is 6.89. The van der Waals surface area contributed by atoms with Crippen LogP contribution in [0.5, 0.6) is 0 Å². The van der Waals surface area contributed by atoms with E-state index >= 15 is 0 Å². The second kappa shape index (κ2) is 15.1. The van der Waals surface area contributed by atoms with Crippen LogP contribution in [0.1, 0.15) is 85.0 Å². The maximum absolute atomic E-state index is 12.5. The second-order valence-electron chi connectivity index (χ2n) is 11.2. The van der Waals surface area contributed by atoms with Crippen LogP contribution in [0.25, 0.3) is 0 Å². The van der Waals surface area contributed by atoms with Gasteiger partial charge in [0.05, 0.1) is 18.0 Å².